The summed E-state index contributed by atoms with van der Waals surface area (Å²) in [7, 11) is 4.13. The third kappa shape index (κ3) is 5.02. The predicted octanol–water partition coefficient (Wildman–Crippen LogP) is 4.41. The minimum absolute atomic E-state index is 0.138. The van der Waals surface area contributed by atoms with Crippen LogP contribution in [0.2, 0.25) is 0 Å². The zero-order chi connectivity index (χ0) is 19.2. The van der Waals surface area contributed by atoms with Crippen LogP contribution in [0.1, 0.15) is 21.6 Å². The number of benzene rings is 2. The summed E-state index contributed by atoms with van der Waals surface area (Å²) < 4.78 is 0. The highest BCUT2D eigenvalue weighted by molar-refractivity contribution is 6.05. The van der Waals surface area contributed by atoms with Gasteiger partial charge >= 0.3 is 0 Å². The van der Waals surface area contributed by atoms with E-state index in [0.29, 0.717) is 5.56 Å². The first-order valence-electron chi connectivity index (χ1n) is 9.11. The van der Waals surface area contributed by atoms with Gasteiger partial charge in [-0.25, -0.2) is 0 Å². The number of hydrogen-bond donors (Lipinski definition) is 1. The summed E-state index contributed by atoms with van der Waals surface area (Å²) in [4.78, 5) is 19.4. The third-order valence-corrected chi connectivity index (χ3v) is 4.46. The van der Waals surface area contributed by atoms with E-state index >= 15 is 0 Å². The van der Waals surface area contributed by atoms with E-state index in [1.807, 2.05) is 61.5 Å². The van der Waals surface area contributed by atoms with Gasteiger partial charge in [-0.1, -0.05) is 42.5 Å². The smallest absolute Gasteiger partial charge is 0.257 e. The number of nitrogens with zero attached hydrogens (tertiary/aromatic N) is 2. The molecule has 4 heteroatoms. The Bertz CT molecular complexity index is 903. The highest BCUT2D eigenvalue weighted by Crippen LogP contribution is 2.19. The quantitative estimate of drug-likeness (QED) is 0.709. The second-order valence-electron chi connectivity index (χ2n) is 6.90. The van der Waals surface area contributed by atoms with Crippen molar-refractivity contribution in [3.8, 4) is 11.3 Å². The number of carbonyl (C=O) groups is 1. The Morgan fingerprint density at radius 3 is 2.30 bits per heavy atom. The lowest BCUT2D eigenvalue weighted by Gasteiger charge is -2.11. The van der Waals surface area contributed by atoms with Crippen LogP contribution >= 0.6 is 0 Å². The molecular formula is C23H25N3O. The SMILES string of the molecule is Cc1nc(-c2ccccc2)ccc1C(=O)Nc1ccc(CCN(C)C)cc1. The van der Waals surface area contributed by atoms with Crippen LogP contribution in [-0.4, -0.2) is 36.4 Å². The van der Waals surface area contributed by atoms with Crippen LogP contribution in [-0.2, 0) is 6.42 Å². The lowest BCUT2D eigenvalue weighted by atomic mass is 10.1. The van der Waals surface area contributed by atoms with E-state index in [9.17, 15) is 4.79 Å². The number of pyridine rings is 1. The molecule has 4 nitrogen and oxygen atoms in total. The van der Waals surface area contributed by atoms with Gasteiger partial charge in [-0.05, 0) is 57.3 Å². The fraction of sp³-hybridized carbons (Fsp3) is 0.217. The molecule has 0 aliphatic heterocycles. The van der Waals surface area contributed by atoms with E-state index in [-0.39, 0.29) is 5.91 Å². The molecule has 1 amide bonds. The minimum atomic E-state index is -0.138. The fourth-order valence-electron chi connectivity index (χ4n) is 2.88. The van der Waals surface area contributed by atoms with E-state index in [4.69, 9.17) is 0 Å². The number of likely N-dealkylation sites (N-methyl/N-ethyl adjacent to an activating group) is 1. The van der Waals surface area contributed by atoms with E-state index in [1.54, 1.807) is 0 Å². The third-order valence-electron chi connectivity index (χ3n) is 4.46. The van der Waals surface area contributed by atoms with Crippen LogP contribution in [0.5, 0.6) is 0 Å². The standard InChI is InChI=1S/C23H25N3O/c1-17-21(13-14-22(24-17)19-7-5-4-6-8-19)23(27)25-20-11-9-18(10-12-20)15-16-26(2)3/h4-14H,15-16H2,1-3H3,(H,25,27). The van der Waals surface area contributed by atoms with Gasteiger partial charge in [0.1, 0.15) is 0 Å². The van der Waals surface area contributed by atoms with E-state index < -0.39 is 0 Å². The molecule has 1 aromatic heterocycles. The van der Waals surface area contributed by atoms with Crippen LogP contribution in [0.3, 0.4) is 0 Å². The predicted molar refractivity (Wildman–Crippen MR) is 111 cm³/mol. The maximum atomic E-state index is 12.6. The highest BCUT2D eigenvalue weighted by atomic mass is 16.1. The fourth-order valence-corrected chi connectivity index (χ4v) is 2.88. The number of aryl methyl sites for hydroxylation is 1. The molecule has 0 fully saturated rings. The van der Waals surface area contributed by atoms with Crippen molar-refractivity contribution in [1.82, 2.24) is 9.88 Å². The number of anilines is 1. The molecule has 1 N–H and O–H groups in total. The number of amides is 1. The molecular weight excluding hydrogens is 334 g/mol. The second kappa shape index (κ2) is 8.60. The average Bonchev–Trinajstić information content (AvgIpc) is 2.68. The number of rotatable bonds is 6. The Balaban J connectivity index is 1.69. The van der Waals surface area contributed by atoms with Gasteiger partial charge in [-0.15, -0.1) is 0 Å². The first-order chi connectivity index (χ1) is 13.0. The molecule has 0 atom stereocenters. The minimum Gasteiger partial charge on any atom is -0.322 e. The highest BCUT2D eigenvalue weighted by Gasteiger charge is 2.12. The molecule has 3 aromatic rings. The Hall–Kier alpha value is -2.98. The molecule has 3 rings (SSSR count). The van der Waals surface area contributed by atoms with Crippen LogP contribution in [0.15, 0.2) is 66.7 Å². The van der Waals surface area contributed by atoms with E-state index in [1.165, 1.54) is 5.56 Å². The van der Waals surface area contributed by atoms with Crippen molar-refractivity contribution in [1.29, 1.82) is 0 Å². The van der Waals surface area contributed by atoms with Crippen molar-refractivity contribution in [3.63, 3.8) is 0 Å². The summed E-state index contributed by atoms with van der Waals surface area (Å²) in [5.74, 6) is -0.138. The Labute approximate surface area is 160 Å². The zero-order valence-electron chi connectivity index (χ0n) is 16.1. The molecule has 0 unspecified atom stereocenters. The van der Waals surface area contributed by atoms with Gasteiger partial charge in [0.2, 0.25) is 0 Å². The molecule has 0 aliphatic rings. The second-order valence-corrected chi connectivity index (χ2v) is 6.90. The van der Waals surface area contributed by atoms with Gasteiger partial charge in [0.25, 0.3) is 5.91 Å². The van der Waals surface area contributed by atoms with Crippen molar-refractivity contribution in [2.45, 2.75) is 13.3 Å². The summed E-state index contributed by atoms with van der Waals surface area (Å²) in [6.07, 6.45) is 0.991. The van der Waals surface area contributed by atoms with Gasteiger partial charge in [-0.3, -0.25) is 9.78 Å². The van der Waals surface area contributed by atoms with Crippen LogP contribution in [0.4, 0.5) is 5.69 Å². The molecule has 138 valence electrons. The largest absolute Gasteiger partial charge is 0.322 e. The summed E-state index contributed by atoms with van der Waals surface area (Å²) in [5.41, 5.74) is 5.27. The molecule has 0 radical (unpaired) electrons. The van der Waals surface area contributed by atoms with Gasteiger partial charge < -0.3 is 10.2 Å². The van der Waals surface area contributed by atoms with Crippen LogP contribution in [0.25, 0.3) is 11.3 Å². The normalized spacial score (nSPS) is 10.8. The van der Waals surface area contributed by atoms with E-state index in [0.717, 1.165) is 35.6 Å². The first-order valence-corrected chi connectivity index (χ1v) is 9.11. The first kappa shape index (κ1) is 18.8. The molecule has 1 heterocycles. The lowest BCUT2D eigenvalue weighted by molar-refractivity contribution is 0.102. The van der Waals surface area contributed by atoms with Crippen molar-refractivity contribution < 1.29 is 4.79 Å². The molecule has 0 saturated heterocycles. The Morgan fingerprint density at radius 1 is 0.963 bits per heavy atom. The van der Waals surface area contributed by atoms with Crippen LogP contribution in [0, 0.1) is 6.92 Å². The molecule has 2 aromatic carbocycles. The van der Waals surface area contributed by atoms with Crippen LogP contribution < -0.4 is 5.32 Å². The molecule has 27 heavy (non-hydrogen) atoms. The van der Waals surface area contributed by atoms with Crippen molar-refractivity contribution >= 4 is 11.6 Å². The van der Waals surface area contributed by atoms with Crippen molar-refractivity contribution in [2.24, 2.45) is 0 Å². The summed E-state index contributed by atoms with van der Waals surface area (Å²) in [5, 5.41) is 2.96. The molecule has 0 aliphatic carbocycles. The topological polar surface area (TPSA) is 45.2 Å². The number of nitrogens with one attached hydrogen (secondary N) is 1. The molecule has 0 bridgehead atoms. The maximum Gasteiger partial charge on any atom is 0.257 e. The monoisotopic (exact) mass is 359 g/mol. The number of aromatic nitrogens is 1. The van der Waals surface area contributed by atoms with Gasteiger partial charge in [0, 0.05) is 17.8 Å². The van der Waals surface area contributed by atoms with Gasteiger partial charge in [0.15, 0.2) is 0 Å². The van der Waals surface area contributed by atoms with Crippen molar-refractivity contribution in [2.75, 3.05) is 26.0 Å². The molecule has 0 spiro atoms. The Kier molecular flexibility index (Phi) is 5.99. The lowest BCUT2D eigenvalue weighted by Crippen LogP contribution is -2.15. The van der Waals surface area contributed by atoms with E-state index in [2.05, 4.69) is 41.4 Å². The Morgan fingerprint density at radius 2 is 1.67 bits per heavy atom. The van der Waals surface area contributed by atoms with Gasteiger partial charge in [0.05, 0.1) is 17.0 Å². The zero-order valence-corrected chi connectivity index (χ0v) is 16.1. The summed E-state index contributed by atoms with van der Waals surface area (Å²) >= 11 is 0. The van der Waals surface area contributed by atoms with Crippen molar-refractivity contribution in [3.05, 3.63) is 83.6 Å². The summed E-state index contributed by atoms with van der Waals surface area (Å²) in [6, 6.07) is 21.7. The van der Waals surface area contributed by atoms with Gasteiger partial charge in [-0.2, -0.15) is 0 Å². The molecule has 0 saturated carbocycles. The summed E-state index contributed by atoms with van der Waals surface area (Å²) in [6.45, 7) is 2.87. The average molecular weight is 359 g/mol. The maximum absolute atomic E-state index is 12.6. The number of carbonyl (C=O) groups excluding carboxylic acids is 1. The number of hydrogen-bond acceptors (Lipinski definition) is 3.